The Labute approximate surface area is 85.2 Å². The molecule has 1 aromatic heterocycles. The normalized spacial score (nSPS) is 11.5. The molecule has 0 fully saturated rings. The molecule has 72 valence electrons. The number of rotatable bonds is 2. The van der Waals surface area contributed by atoms with Crippen molar-refractivity contribution in [3.8, 4) is 0 Å². The number of anilines is 1. The van der Waals surface area contributed by atoms with E-state index in [1.54, 1.807) is 6.92 Å². The van der Waals surface area contributed by atoms with Gasteiger partial charge in [-0.3, -0.25) is 0 Å². The Morgan fingerprint density at radius 1 is 1.62 bits per heavy atom. The van der Waals surface area contributed by atoms with Crippen molar-refractivity contribution in [2.24, 2.45) is 0 Å². The predicted octanol–water partition coefficient (Wildman–Crippen LogP) is 1.22. The number of nitrogens with two attached hydrogens (primary N) is 1. The van der Waals surface area contributed by atoms with Crippen molar-refractivity contribution in [2.75, 3.05) is 11.5 Å². The highest BCUT2D eigenvalue weighted by atomic mass is 79.9. The molecule has 6 heteroatoms. The molecular formula is C7H9BrN2O2S. The number of hydrogen-bond donors (Lipinski definition) is 1. The molecule has 0 radical (unpaired) electrons. The van der Waals surface area contributed by atoms with Gasteiger partial charge in [0.1, 0.15) is 0 Å². The van der Waals surface area contributed by atoms with Crippen molar-refractivity contribution in [3.05, 3.63) is 16.7 Å². The van der Waals surface area contributed by atoms with Gasteiger partial charge in [-0.2, -0.15) is 0 Å². The maximum Gasteiger partial charge on any atom is 0.197 e. The van der Waals surface area contributed by atoms with E-state index >= 15 is 0 Å². The lowest BCUT2D eigenvalue weighted by Gasteiger charge is -2.03. The monoisotopic (exact) mass is 264 g/mol. The number of nitrogens with zero attached hydrogens (tertiary/aromatic N) is 1. The zero-order chi connectivity index (χ0) is 10.1. The smallest absolute Gasteiger partial charge is 0.197 e. The summed E-state index contributed by atoms with van der Waals surface area (Å²) in [7, 11) is -3.30. The molecule has 4 nitrogen and oxygen atoms in total. The summed E-state index contributed by atoms with van der Waals surface area (Å²) in [5.41, 5.74) is 5.69. The van der Waals surface area contributed by atoms with Crippen LogP contribution in [-0.4, -0.2) is 19.2 Å². The molecule has 0 aliphatic rings. The van der Waals surface area contributed by atoms with Crippen LogP contribution >= 0.6 is 15.9 Å². The lowest BCUT2D eigenvalue weighted by atomic mass is 10.4. The predicted molar refractivity (Wildman–Crippen MR) is 54.1 cm³/mol. The summed E-state index contributed by atoms with van der Waals surface area (Å²) >= 11 is 3.15. The summed E-state index contributed by atoms with van der Waals surface area (Å²) < 4.78 is 23.4. The summed E-state index contributed by atoms with van der Waals surface area (Å²) in [4.78, 5) is 3.76. The van der Waals surface area contributed by atoms with Crippen LogP contribution in [0.4, 0.5) is 5.69 Å². The summed E-state index contributed by atoms with van der Waals surface area (Å²) in [6.45, 7) is 1.55. The second-order valence-electron chi connectivity index (χ2n) is 2.45. The summed E-state index contributed by atoms with van der Waals surface area (Å²) in [5.74, 6) is 0.00579. The maximum atomic E-state index is 11.4. The summed E-state index contributed by atoms with van der Waals surface area (Å²) in [6, 6.07) is 1.52. The van der Waals surface area contributed by atoms with Crippen LogP contribution < -0.4 is 5.73 Å². The molecule has 0 aromatic carbocycles. The van der Waals surface area contributed by atoms with Gasteiger partial charge in [0.05, 0.1) is 11.4 Å². The van der Waals surface area contributed by atoms with E-state index in [1.165, 1.54) is 12.3 Å². The van der Waals surface area contributed by atoms with Crippen molar-refractivity contribution in [2.45, 2.75) is 11.9 Å². The van der Waals surface area contributed by atoms with Gasteiger partial charge in [-0.05, 0) is 22.0 Å². The molecular weight excluding hydrogens is 256 g/mol. The molecule has 0 aliphatic heterocycles. The van der Waals surface area contributed by atoms with E-state index in [-0.39, 0.29) is 16.5 Å². The topological polar surface area (TPSA) is 73.0 Å². The van der Waals surface area contributed by atoms with Gasteiger partial charge < -0.3 is 5.73 Å². The van der Waals surface area contributed by atoms with E-state index < -0.39 is 9.84 Å². The van der Waals surface area contributed by atoms with Gasteiger partial charge in [0.15, 0.2) is 14.9 Å². The molecule has 0 unspecified atom stereocenters. The van der Waals surface area contributed by atoms with E-state index in [9.17, 15) is 8.42 Å². The zero-order valence-electron chi connectivity index (χ0n) is 6.99. The third kappa shape index (κ3) is 2.19. The quantitative estimate of drug-likeness (QED) is 0.872. The minimum absolute atomic E-state index is 0.00579. The van der Waals surface area contributed by atoms with E-state index in [0.29, 0.717) is 4.47 Å². The third-order valence-electron chi connectivity index (χ3n) is 1.52. The van der Waals surface area contributed by atoms with Gasteiger partial charge in [-0.15, -0.1) is 0 Å². The number of hydrogen-bond acceptors (Lipinski definition) is 4. The average molecular weight is 265 g/mol. The van der Waals surface area contributed by atoms with Crippen LogP contribution in [0.3, 0.4) is 0 Å². The van der Waals surface area contributed by atoms with Crippen LogP contribution in [0.5, 0.6) is 0 Å². The first-order valence-electron chi connectivity index (χ1n) is 3.61. The van der Waals surface area contributed by atoms with Crippen molar-refractivity contribution < 1.29 is 8.42 Å². The molecule has 0 amide bonds. The Balaban J connectivity index is 3.33. The molecule has 0 bridgehead atoms. The van der Waals surface area contributed by atoms with Crippen molar-refractivity contribution >= 4 is 31.5 Å². The fourth-order valence-corrected chi connectivity index (χ4v) is 2.09. The molecule has 1 heterocycles. The van der Waals surface area contributed by atoms with E-state index in [2.05, 4.69) is 20.9 Å². The van der Waals surface area contributed by atoms with Crippen LogP contribution in [0.25, 0.3) is 0 Å². The molecule has 13 heavy (non-hydrogen) atoms. The second kappa shape index (κ2) is 3.63. The fraction of sp³-hybridized carbons (Fsp3) is 0.286. The minimum Gasteiger partial charge on any atom is -0.396 e. The zero-order valence-corrected chi connectivity index (χ0v) is 9.39. The fourth-order valence-electron chi connectivity index (χ4n) is 0.839. The lowest BCUT2D eigenvalue weighted by Crippen LogP contribution is -2.09. The number of halogens is 1. The molecule has 1 aromatic rings. The molecule has 0 saturated heterocycles. The molecule has 0 spiro atoms. The second-order valence-corrected chi connectivity index (χ2v) is 5.56. The Morgan fingerprint density at radius 2 is 2.23 bits per heavy atom. The maximum absolute atomic E-state index is 11.4. The Bertz CT molecular complexity index is 417. The van der Waals surface area contributed by atoms with Gasteiger partial charge in [-0.25, -0.2) is 13.4 Å². The summed E-state index contributed by atoms with van der Waals surface area (Å²) in [5, 5.41) is -0.0433. The van der Waals surface area contributed by atoms with E-state index in [0.717, 1.165) is 0 Å². The van der Waals surface area contributed by atoms with Crippen LogP contribution in [0.1, 0.15) is 6.92 Å². The van der Waals surface area contributed by atoms with Gasteiger partial charge in [-0.1, -0.05) is 6.92 Å². The van der Waals surface area contributed by atoms with Gasteiger partial charge in [0, 0.05) is 10.7 Å². The van der Waals surface area contributed by atoms with Crippen molar-refractivity contribution in [3.63, 3.8) is 0 Å². The molecule has 0 saturated carbocycles. The van der Waals surface area contributed by atoms with Crippen LogP contribution in [0.15, 0.2) is 21.8 Å². The number of nitrogen functional groups attached to an aromatic ring is 1. The number of pyridine rings is 1. The highest BCUT2D eigenvalue weighted by molar-refractivity contribution is 9.10. The highest BCUT2D eigenvalue weighted by Gasteiger charge is 2.16. The lowest BCUT2D eigenvalue weighted by molar-refractivity contribution is 0.594. The minimum atomic E-state index is -3.30. The van der Waals surface area contributed by atoms with Crippen LogP contribution in [-0.2, 0) is 9.84 Å². The summed E-state index contributed by atoms with van der Waals surface area (Å²) in [6.07, 6.45) is 1.42. The Kier molecular flexibility index (Phi) is 2.92. The van der Waals surface area contributed by atoms with Crippen molar-refractivity contribution in [1.29, 1.82) is 0 Å². The number of sulfone groups is 1. The largest absolute Gasteiger partial charge is 0.396 e. The Morgan fingerprint density at radius 3 is 2.69 bits per heavy atom. The first kappa shape index (κ1) is 10.5. The highest BCUT2D eigenvalue weighted by Crippen LogP contribution is 2.20. The first-order chi connectivity index (χ1) is 5.97. The molecule has 0 aliphatic carbocycles. The van der Waals surface area contributed by atoms with Gasteiger partial charge >= 0.3 is 0 Å². The van der Waals surface area contributed by atoms with Crippen LogP contribution in [0, 0.1) is 0 Å². The van der Waals surface area contributed by atoms with Crippen molar-refractivity contribution in [1.82, 2.24) is 4.98 Å². The first-order valence-corrected chi connectivity index (χ1v) is 6.05. The van der Waals surface area contributed by atoms with Gasteiger partial charge in [0.2, 0.25) is 0 Å². The average Bonchev–Trinajstić information content (AvgIpc) is 2.03. The molecule has 2 N–H and O–H groups in total. The van der Waals surface area contributed by atoms with Gasteiger partial charge in [0.25, 0.3) is 0 Å². The molecule has 1 rings (SSSR count). The SMILES string of the molecule is CCS(=O)(=O)c1ncc(Br)cc1N. The standard InChI is InChI=1S/C7H9BrN2O2S/c1-2-13(11,12)7-6(9)3-5(8)4-10-7/h3-4H,2,9H2,1H3. The van der Waals surface area contributed by atoms with E-state index in [1.807, 2.05) is 0 Å². The Hall–Kier alpha value is -0.620. The third-order valence-corrected chi connectivity index (χ3v) is 3.64. The number of aromatic nitrogens is 1. The van der Waals surface area contributed by atoms with Crippen LogP contribution in [0.2, 0.25) is 0 Å². The molecule has 0 atom stereocenters. The van der Waals surface area contributed by atoms with E-state index in [4.69, 9.17) is 5.73 Å².